The number of carbonyl (C=O) groups is 1. The molecule has 0 saturated heterocycles. The molecule has 4 rings (SSSR count). The second-order valence-corrected chi connectivity index (χ2v) is 10.0. The molecule has 2 heterocycles. The molecule has 0 aliphatic carbocycles. The lowest BCUT2D eigenvalue weighted by Gasteiger charge is -2.20. The van der Waals surface area contributed by atoms with Crippen molar-refractivity contribution in [3.8, 4) is 5.75 Å². The average Bonchev–Trinajstić information content (AvgIpc) is 3.23. The van der Waals surface area contributed by atoms with Crippen molar-refractivity contribution in [2.45, 2.75) is 38.1 Å². The summed E-state index contributed by atoms with van der Waals surface area (Å²) in [4.78, 5) is 25.3. The first-order chi connectivity index (χ1) is 16.0. The zero-order chi connectivity index (χ0) is 23.2. The minimum absolute atomic E-state index is 0.0849. The highest BCUT2D eigenvalue weighted by Crippen LogP contribution is 2.32. The van der Waals surface area contributed by atoms with Crippen molar-refractivity contribution in [1.29, 1.82) is 0 Å². The zero-order valence-corrected chi connectivity index (χ0v) is 20.7. The SMILES string of the molecule is COc1ccc(SCCCC(=O)N(Cc2cccnc2)c2nc3cc(C)c(C)cc3s2)cc1. The molecule has 5 nitrogen and oxygen atoms in total. The molecule has 0 atom stereocenters. The predicted molar refractivity (Wildman–Crippen MR) is 137 cm³/mol. The van der Waals surface area contributed by atoms with Gasteiger partial charge in [-0.2, -0.15) is 0 Å². The van der Waals surface area contributed by atoms with Crippen LogP contribution in [0.2, 0.25) is 0 Å². The van der Waals surface area contributed by atoms with Crippen LogP contribution < -0.4 is 9.64 Å². The van der Waals surface area contributed by atoms with Crippen molar-refractivity contribution in [3.05, 3.63) is 77.6 Å². The van der Waals surface area contributed by atoms with Crippen molar-refractivity contribution in [1.82, 2.24) is 9.97 Å². The number of benzene rings is 2. The Kier molecular flexibility index (Phi) is 7.62. The number of hydrogen-bond acceptors (Lipinski definition) is 6. The van der Waals surface area contributed by atoms with Gasteiger partial charge in [-0.05, 0) is 85.2 Å². The van der Waals surface area contributed by atoms with Crippen molar-refractivity contribution in [2.24, 2.45) is 0 Å². The number of ether oxygens (including phenoxy) is 1. The van der Waals surface area contributed by atoms with Gasteiger partial charge in [-0.25, -0.2) is 4.98 Å². The van der Waals surface area contributed by atoms with E-state index in [0.717, 1.165) is 38.8 Å². The van der Waals surface area contributed by atoms with Crippen LogP contribution in [-0.4, -0.2) is 28.7 Å². The molecule has 0 spiro atoms. The Hall–Kier alpha value is -2.90. The fraction of sp³-hybridized carbons (Fsp3) is 0.269. The minimum Gasteiger partial charge on any atom is -0.497 e. The van der Waals surface area contributed by atoms with E-state index in [2.05, 4.69) is 31.0 Å². The first-order valence-corrected chi connectivity index (χ1v) is 12.7. The van der Waals surface area contributed by atoms with E-state index in [1.807, 2.05) is 41.3 Å². The third-order valence-electron chi connectivity index (χ3n) is 5.45. The average molecular weight is 478 g/mol. The molecular weight excluding hydrogens is 450 g/mol. The number of hydrogen-bond donors (Lipinski definition) is 0. The Bertz CT molecular complexity index is 1180. The normalized spacial score (nSPS) is 11.0. The monoisotopic (exact) mass is 477 g/mol. The molecule has 2 aromatic carbocycles. The summed E-state index contributed by atoms with van der Waals surface area (Å²) in [5.74, 6) is 1.81. The maximum atomic E-state index is 13.3. The predicted octanol–water partition coefficient (Wildman–Crippen LogP) is 6.42. The van der Waals surface area contributed by atoms with Crippen LogP contribution in [0.15, 0.2) is 65.8 Å². The molecule has 0 radical (unpaired) electrons. The Labute approximate surface area is 202 Å². The maximum absolute atomic E-state index is 13.3. The van der Waals surface area contributed by atoms with Gasteiger partial charge in [0.15, 0.2) is 5.13 Å². The number of nitrogens with zero attached hydrogens (tertiary/aromatic N) is 3. The van der Waals surface area contributed by atoms with Crippen LogP contribution in [0.4, 0.5) is 5.13 Å². The van der Waals surface area contributed by atoms with Crippen LogP contribution in [0.5, 0.6) is 5.75 Å². The third-order valence-corrected chi connectivity index (χ3v) is 7.59. The van der Waals surface area contributed by atoms with Gasteiger partial charge in [0.2, 0.25) is 5.91 Å². The first kappa shape index (κ1) is 23.3. The maximum Gasteiger partial charge on any atom is 0.229 e. The Morgan fingerprint density at radius 2 is 1.91 bits per heavy atom. The summed E-state index contributed by atoms with van der Waals surface area (Å²) in [6, 6.07) is 16.2. The van der Waals surface area contributed by atoms with Gasteiger partial charge >= 0.3 is 0 Å². The number of fused-ring (bicyclic) bond motifs is 1. The van der Waals surface area contributed by atoms with E-state index in [0.29, 0.717) is 13.0 Å². The van der Waals surface area contributed by atoms with Gasteiger partial charge in [0, 0.05) is 23.7 Å². The number of thioether (sulfide) groups is 1. The first-order valence-electron chi connectivity index (χ1n) is 10.9. The fourth-order valence-electron chi connectivity index (χ4n) is 3.44. The standard InChI is InChI=1S/C26H27N3O2S2/c1-18-14-23-24(15-19(18)2)33-26(28-23)29(17-20-6-4-12-27-16-20)25(30)7-5-13-32-22-10-8-21(31-3)9-11-22/h4,6,8-12,14-16H,5,7,13,17H2,1-3H3. The van der Waals surface area contributed by atoms with Crippen molar-refractivity contribution < 1.29 is 9.53 Å². The summed E-state index contributed by atoms with van der Waals surface area (Å²) in [6.45, 7) is 4.66. The number of rotatable bonds is 9. The quantitative estimate of drug-likeness (QED) is 0.206. The molecule has 0 aliphatic rings. The van der Waals surface area contributed by atoms with E-state index in [4.69, 9.17) is 9.72 Å². The molecule has 0 N–H and O–H groups in total. The molecule has 0 fully saturated rings. The van der Waals surface area contributed by atoms with Crippen LogP contribution in [0.3, 0.4) is 0 Å². The molecule has 7 heteroatoms. The van der Waals surface area contributed by atoms with E-state index in [1.54, 1.807) is 42.6 Å². The smallest absolute Gasteiger partial charge is 0.229 e. The van der Waals surface area contributed by atoms with Gasteiger partial charge in [0.05, 0.1) is 23.9 Å². The summed E-state index contributed by atoms with van der Waals surface area (Å²) >= 11 is 3.32. The van der Waals surface area contributed by atoms with E-state index >= 15 is 0 Å². The van der Waals surface area contributed by atoms with E-state index in [-0.39, 0.29) is 5.91 Å². The molecular formula is C26H27N3O2S2. The molecule has 0 bridgehead atoms. The van der Waals surface area contributed by atoms with Gasteiger partial charge in [-0.15, -0.1) is 11.8 Å². The number of aromatic nitrogens is 2. The number of anilines is 1. The van der Waals surface area contributed by atoms with Crippen LogP contribution in [0.1, 0.15) is 29.5 Å². The molecule has 33 heavy (non-hydrogen) atoms. The van der Waals surface area contributed by atoms with Gasteiger partial charge < -0.3 is 4.74 Å². The molecule has 170 valence electrons. The van der Waals surface area contributed by atoms with E-state index in [9.17, 15) is 4.79 Å². The number of aryl methyl sites for hydroxylation is 2. The van der Waals surface area contributed by atoms with Gasteiger partial charge in [-0.3, -0.25) is 14.7 Å². The summed E-state index contributed by atoms with van der Waals surface area (Å²) in [6.07, 6.45) is 4.82. The topological polar surface area (TPSA) is 55.3 Å². The number of pyridine rings is 1. The van der Waals surface area contributed by atoms with E-state index in [1.165, 1.54) is 16.0 Å². The summed E-state index contributed by atoms with van der Waals surface area (Å²) < 4.78 is 6.31. The number of amides is 1. The minimum atomic E-state index is 0.0849. The molecule has 2 aromatic heterocycles. The third kappa shape index (κ3) is 5.92. The van der Waals surface area contributed by atoms with Crippen LogP contribution in [-0.2, 0) is 11.3 Å². The van der Waals surface area contributed by atoms with Gasteiger partial charge in [0.25, 0.3) is 0 Å². The highest BCUT2D eigenvalue weighted by molar-refractivity contribution is 7.99. The Morgan fingerprint density at radius 1 is 1.12 bits per heavy atom. The van der Waals surface area contributed by atoms with Gasteiger partial charge in [-0.1, -0.05) is 17.4 Å². The number of methoxy groups -OCH3 is 1. The second-order valence-electron chi connectivity index (χ2n) is 7.87. The lowest BCUT2D eigenvalue weighted by Crippen LogP contribution is -2.30. The van der Waals surface area contributed by atoms with Crippen molar-refractivity contribution in [3.63, 3.8) is 0 Å². The van der Waals surface area contributed by atoms with Crippen molar-refractivity contribution in [2.75, 3.05) is 17.8 Å². The van der Waals surface area contributed by atoms with Crippen molar-refractivity contribution >= 4 is 44.4 Å². The molecule has 0 unspecified atom stereocenters. The van der Waals surface area contributed by atoms with E-state index < -0.39 is 0 Å². The highest BCUT2D eigenvalue weighted by atomic mass is 32.2. The lowest BCUT2D eigenvalue weighted by molar-refractivity contribution is -0.118. The zero-order valence-electron chi connectivity index (χ0n) is 19.1. The number of thiazole rings is 1. The van der Waals surface area contributed by atoms with Crippen LogP contribution in [0, 0.1) is 13.8 Å². The lowest BCUT2D eigenvalue weighted by atomic mass is 10.1. The van der Waals surface area contributed by atoms with Gasteiger partial charge in [0.1, 0.15) is 5.75 Å². The molecule has 4 aromatic rings. The molecule has 1 amide bonds. The fourth-order valence-corrected chi connectivity index (χ4v) is 5.36. The molecule has 0 saturated carbocycles. The summed E-state index contributed by atoms with van der Waals surface area (Å²) in [7, 11) is 1.67. The Morgan fingerprint density at radius 3 is 2.64 bits per heavy atom. The largest absolute Gasteiger partial charge is 0.497 e. The molecule has 0 aliphatic heterocycles. The highest BCUT2D eigenvalue weighted by Gasteiger charge is 2.20. The second kappa shape index (κ2) is 10.8. The summed E-state index contributed by atoms with van der Waals surface area (Å²) in [5.41, 5.74) is 4.38. The van der Waals surface area contributed by atoms with Crippen LogP contribution >= 0.6 is 23.1 Å². The summed E-state index contributed by atoms with van der Waals surface area (Å²) in [5, 5.41) is 0.742. The Balaban J connectivity index is 1.46. The van der Waals surface area contributed by atoms with Crippen LogP contribution in [0.25, 0.3) is 10.2 Å². The number of carbonyl (C=O) groups excluding carboxylic acids is 1.